The van der Waals surface area contributed by atoms with Crippen LogP contribution in [0.3, 0.4) is 0 Å². The molecule has 0 radical (unpaired) electrons. The van der Waals surface area contributed by atoms with Crippen LogP contribution in [0.1, 0.15) is 38.8 Å². The summed E-state index contributed by atoms with van der Waals surface area (Å²) in [6, 6.07) is 18.9. The summed E-state index contributed by atoms with van der Waals surface area (Å²) in [4.78, 5) is 24.7. The van der Waals surface area contributed by atoms with Crippen LogP contribution in [-0.2, 0) is 0 Å². The second-order valence-electron chi connectivity index (χ2n) is 6.77. The molecule has 32 heavy (non-hydrogen) atoms. The van der Waals surface area contributed by atoms with Gasteiger partial charge in [-0.05, 0) is 73.5 Å². The summed E-state index contributed by atoms with van der Waals surface area (Å²) in [5.41, 5.74) is 4.99. The number of carbonyl (C=O) groups excluding carboxylic acids is 2. The Morgan fingerprint density at radius 3 is 2.44 bits per heavy atom. The predicted molar refractivity (Wildman–Crippen MR) is 122 cm³/mol. The number of nitrogens with one attached hydrogen (secondary N) is 1. The van der Waals surface area contributed by atoms with Crippen molar-refractivity contribution in [2.45, 2.75) is 13.8 Å². The van der Waals surface area contributed by atoms with Gasteiger partial charge in [-0.3, -0.25) is 4.79 Å². The van der Waals surface area contributed by atoms with Crippen LogP contribution in [0.5, 0.6) is 17.2 Å². The van der Waals surface area contributed by atoms with E-state index in [1.165, 1.54) is 6.21 Å². The SMILES string of the molecule is CCOc1cc(/C=N\NC(=O)c2ccccc2C)ccc1OC(=O)c1ccc(OC)cc1. The molecule has 0 bridgehead atoms. The molecule has 3 aromatic rings. The van der Waals surface area contributed by atoms with E-state index in [-0.39, 0.29) is 11.7 Å². The van der Waals surface area contributed by atoms with Gasteiger partial charge in [-0.2, -0.15) is 5.10 Å². The van der Waals surface area contributed by atoms with Gasteiger partial charge in [0.05, 0.1) is 25.5 Å². The van der Waals surface area contributed by atoms with Crippen LogP contribution in [0.15, 0.2) is 71.8 Å². The number of amides is 1. The second-order valence-corrected chi connectivity index (χ2v) is 6.77. The molecule has 3 rings (SSSR count). The van der Waals surface area contributed by atoms with Crippen LogP contribution in [0, 0.1) is 6.92 Å². The van der Waals surface area contributed by atoms with E-state index in [0.29, 0.717) is 34.8 Å². The Balaban J connectivity index is 1.70. The highest BCUT2D eigenvalue weighted by molar-refractivity contribution is 5.96. The molecule has 164 valence electrons. The molecule has 0 aliphatic heterocycles. The number of esters is 1. The maximum atomic E-state index is 12.5. The summed E-state index contributed by atoms with van der Waals surface area (Å²) in [6.45, 7) is 4.08. The molecular formula is C25H24N2O5. The number of methoxy groups -OCH3 is 1. The highest BCUT2D eigenvalue weighted by atomic mass is 16.6. The lowest BCUT2D eigenvalue weighted by molar-refractivity contribution is 0.0728. The van der Waals surface area contributed by atoms with Gasteiger partial charge in [0.25, 0.3) is 5.91 Å². The number of aryl methyl sites for hydroxylation is 1. The molecule has 0 aliphatic rings. The van der Waals surface area contributed by atoms with Gasteiger partial charge in [0, 0.05) is 5.56 Å². The zero-order valence-corrected chi connectivity index (χ0v) is 18.1. The van der Waals surface area contributed by atoms with Gasteiger partial charge < -0.3 is 14.2 Å². The van der Waals surface area contributed by atoms with Crippen molar-refractivity contribution >= 4 is 18.1 Å². The van der Waals surface area contributed by atoms with E-state index in [1.54, 1.807) is 61.7 Å². The number of benzene rings is 3. The third-order valence-electron chi connectivity index (χ3n) is 4.57. The number of rotatable bonds is 8. The molecule has 0 atom stereocenters. The van der Waals surface area contributed by atoms with Crippen LogP contribution >= 0.6 is 0 Å². The van der Waals surface area contributed by atoms with Crippen LogP contribution in [0.4, 0.5) is 0 Å². The Bertz CT molecular complexity index is 1120. The molecule has 3 aromatic carbocycles. The molecule has 0 heterocycles. The van der Waals surface area contributed by atoms with Gasteiger partial charge in [0.1, 0.15) is 5.75 Å². The normalized spacial score (nSPS) is 10.6. The highest BCUT2D eigenvalue weighted by Crippen LogP contribution is 2.29. The minimum Gasteiger partial charge on any atom is -0.497 e. The lowest BCUT2D eigenvalue weighted by Crippen LogP contribution is -2.18. The minimum absolute atomic E-state index is 0.286. The molecule has 1 N–H and O–H groups in total. The fraction of sp³-hybridized carbons (Fsp3) is 0.160. The third kappa shape index (κ3) is 5.72. The lowest BCUT2D eigenvalue weighted by atomic mass is 10.1. The fourth-order valence-corrected chi connectivity index (χ4v) is 2.90. The molecule has 7 nitrogen and oxygen atoms in total. The Kier molecular flexibility index (Phi) is 7.59. The molecule has 7 heteroatoms. The maximum absolute atomic E-state index is 12.5. The first-order valence-electron chi connectivity index (χ1n) is 10.0. The average molecular weight is 432 g/mol. The molecule has 1 amide bonds. The molecule has 0 spiro atoms. The van der Waals surface area contributed by atoms with E-state index < -0.39 is 5.97 Å². The topological polar surface area (TPSA) is 86.2 Å². The van der Waals surface area contributed by atoms with Crippen LogP contribution in [0.2, 0.25) is 0 Å². The summed E-state index contributed by atoms with van der Waals surface area (Å²) < 4.78 is 16.2. The van der Waals surface area contributed by atoms with E-state index in [2.05, 4.69) is 10.5 Å². The average Bonchev–Trinajstić information content (AvgIpc) is 2.81. The molecule has 0 saturated carbocycles. The number of ether oxygens (including phenoxy) is 3. The van der Waals surface area contributed by atoms with Crippen molar-refractivity contribution in [3.05, 3.63) is 89.0 Å². The second kappa shape index (κ2) is 10.8. The monoisotopic (exact) mass is 432 g/mol. The standard InChI is InChI=1S/C25H24N2O5/c1-4-31-23-15-18(16-26-27-24(28)21-8-6-5-7-17(21)2)9-14-22(23)32-25(29)19-10-12-20(30-3)13-11-19/h5-16H,4H2,1-3H3,(H,27,28)/b26-16-. The van der Waals surface area contributed by atoms with Crippen molar-refractivity contribution in [1.29, 1.82) is 0 Å². The molecule has 0 saturated heterocycles. The fourth-order valence-electron chi connectivity index (χ4n) is 2.90. The van der Waals surface area contributed by atoms with Crippen LogP contribution in [0.25, 0.3) is 0 Å². The lowest BCUT2D eigenvalue weighted by Gasteiger charge is -2.11. The van der Waals surface area contributed by atoms with E-state index in [0.717, 1.165) is 5.56 Å². The van der Waals surface area contributed by atoms with Gasteiger partial charge >= 0.3 is 5.97 Å². The number of hydrazone groups is 1. The largest absolute Gasteiger partial charge is 0.497 e. The third-order valence-corrected chi connectivity index (χ3v) is 4.57. The van der Waals surface area contributed by atoms with E-state index >= 15 is 0 Å². The summed E-state index contributed by atoms with van der Waals surface area (Å²) in [5, 5.41) is 4.02. The van der Waals surface area contributed by atoms with E-state index in [1.807, 2.05) is 26.0 Å². The Labute approximate surface area is 186 Å². The molecular weight excluding hydrogens is 408 g/mol. The summed E-state index contributed by atoms with van der Waals surface area (Å²) in [7, 11) is 1.56. The Morgan fingerprint density at radius 1 is 1.00 bits per heavy atom. The highest BCUT2D eigenvalue weighted by Gasteiger charge is 2.13. The van der Waals surface area contributed by atoms with Crippen molar-refractivity contribution < 1.29 is 23.8 Å². The Morgan fingerprint density at radius 2 is 1.75 bits per heavy atom. The smallest absolute Gasteiger partial charge is 0.343 e. The summed E-state index contributed by atoms with van der Waals surface area (Å²) in [5.74, 6) is 0.516. The summed E-state index contributed by atoms with van der Waals surface area (Å²) in [6.07, 6.45) is 1.49. The van der Waals surface area contributed by atoms with Crippen LogP contribution in [-0.4, -0.2) is 31.8 Å². The zero-order chi connectivity index (χ0) is 22.9. The first-order valence-corrected chi connectivity index (χ1v) is 10.0. The van der Waals surface area contributed by atoms with Crippen molar-refractivity contribution in [3.8, 4) is 17.2 Å². The molecule has 0 aromatic heterocycles. The quantitative estimate of drug-likeness (QED) is 0.247. The van der Waals surface area contributed by atoms with Gasteiger partial charge in [0.2, 0.25) is 0 Å². The first-order chi connectivity index (χ1) is 15.5. The van der Waals surface area contributed by atoms with E-state index in [4.69, 9.17) is 14.2 Å². The van der Waals surface area contributed by atoms with Crippen molar-refractivity contribution in [1.82, 2.24) is 5.43 Å². The number of hydrogen-bond acceptors (Lipinski definition) is 6. The van der Waals surface area contributed by atoms with Crippen LogP contribution < -0.4 is 19.6 Å². The Hall–Kier alpha value is -4.13. The number of hydrogen-bond donors (Lipinski definition) is 1. The first kappa shape index (κ1) is 22.6. The van der Waals surface area contributed by atoms with E-state index in [9.17, 15) is 9.59 Å². The maximum Gasteiger partial charge on any atom is 0.343 e. The van der Waals surface area contributed by atoms with Gasteiger partial charge in [-0.1, -0.05) is 18.2 Å². The van der Waals surface area contributed by atoms with Gasteiger partial charge in [-0.25, -0.2) is 10.2 Å². The summed E-state index contributed by atoms with van der Waals surface area (Å²) >= 11 is 0. The number of carbonyl (C=O) groups is 2. The van der Waals surface area contributed by atoms with Gasteiger partial charge in [0.15, 0.2) is 11.5 Å². The minimum atomic E-state index is -0.513. The van der Waals surface area contributed by atoms with Crippen molar-refractivity contribution in [2.24, 2.45) is 5.10 Å². The van der Waals surface area contributed by atoms with Crippen molar-refractivity contribution in [3.63, 3.8) is 0 Å². The molecule has 0 aliphatic carbocycles. The zero-order valence-electron chi connectivity index (χ0n) is 18.1. The molecule has 0 fully saturated rings. The predicted octanol–water partition coefficient (Wildman–Crippen LogP) is 4.39. The molecule has 0 unspecified atom stereocenters. The van der Waals surface area contributed by atoms with Gasteiger partial charge in [-0.15, -0.1) is 0 Å². The van der Waals surface area contributed by atoms with Crippen molar-refractivity contribution in [2.75, 3.05) is 13.7 Å². The number of nitrogens with zero attached hydrogens (tertiary/aromatic N) is 1.